The van der Waals surface area contributed by atoms with E-state index in [0.717, 1.165) is 5.56 Å². The molecule has 0 spiro atoms. The van der Waals surface area contributed by atoms with E-state index in [4.69, 9.17) is 9.26 Å². The summed E-state index contributed by atoms with van der Waals surface area (Å²) >= 11 is 0. The van der Waals surface area contributed by atoms with Gasteiger partial charge < -0.3 is 19.5 Å². The largest absolute Gasteiger partial charge is 0.375 e. The molecule has 1 atom stereocenters. The highest BCUT2D eigenvalue weighted by Gasteiger charge is 2.35. The van der Waals surface area contributed by atoms with Crippen molar-refractivity contribution in [2.75, 3.05) is 13.7 Å². The standard InChI is InChI=1S/C16H19N5O4/c1-24-10-14(22)18-8-13-19-16(25-20-13)12-2-3-15(23)21(12)9-11-4-6-17-7-5-11/h4-7,12H,2-3,8-10H2,1H3,(H,18,22)/t12-/m0/s1. The second kappa shape index (κ2) is 7.84. The van der Waals surface area contributed by atoms with Gasteiger partial charge in [-0.1, -0.05) is 5.16 Å². The molecular formula is C16H19N5O4. The van der Waals surface area contributed by atoms with Crippen molar-refractivity contribution in [1.82, 2.24) is 25.3 Å². The van der Waals surface area contributed by atoms with E-state index >= 15 is 0 Å². The van der Waals surface area contributed by atoms with Gasteiger partial charge >= 0.3 is 0 Å². The maximum absolute atomic E-state index is 12.2. The van der Waals surface area contributed by atoms with Gasteiger partial charge in [-0.15, -0.1) is 0 Å². The van der Waals surface area contributed by atoms with Crippen LogP contribution in [0.1, 0.15) is 36.2 Å². The van der Waals surface area contributed by atoms with Crippen molar-refractivity contribution in [1.29, 1.82) is 0 Å². The maximum atomic E-state index is 12.2. The quantitative estimate of drug-likeness (QED) is 0.782. The van der Waals surface area contributed by atoms with E-state index < -0.39 is 0 Å². The summed E-state index contributed by atoms with van der Waals surface area (Å²) in [5, 5.41) is 6.50. The number of hydrogen-bond acceptors (Lipinski definition) is 7. The van der Waals surface area contributed by atoms with Crippen LogP contribution in [-0.2, 0) is 27.4 Å². The number of ether oxygens (including phenoxy) is 1. The Kier molecular flexibility index (Phi) is 5.34. The number of pyridine rings is 1. The third kappa shape index (κ3) is 4.18. The van der Waals surface area contributed by atoms with E-state index in [-0.39, 0.29) is 31.0 Å². The minimum atomic E-state index is -0.260. The number of nitrogens with one attached hydrogen (secondary N) is 1. The normalized spacial score (nSPS) is 17.1. The highest BCUT2D eigenvalue weighted by Crippen LogP contribution is 2.33. The summed E-state index contributed by atoms with van der Waals surface area (Å²) in [4.78, 5) is 33.6. The van der Waals surface area contributed by atoms with Crippen LogP contribution < -0.4 is 5.32 Å². The molecule has 25 heavy (non-hydrogen) atoms. The molecule has 3 heterocycles. The Balaban J connectivity index is 1.66. The fourth-order valence-corrected chi connectivity index (χ4v) is 2.71. The molecule has 1 fully saturated rings. The van der Waals surface area contributed by atoms with Gasteiger partial charge in [0.2, 0.25) is 17.7 Å². The molecule has 9 nitrogen and oxygen atoms in total. The molecule has 2 aromatic rings. The number of carbonyl (C=O) groups excluding carboxylic acids is 2. The van der Waals surface area contributed by atoms with Crippen molar-refractivity contribution in [2.45, 2.75) is 32.0 Å². The fourth-order valence-electron chi connectivity index (χ4n) is 2.71. The average Bonchev–Trinajstić information content (AvgIpc) is 3.22. The van der Waals surface area contributed by atoms with Gasteiger partial charge in [0.25, 0.3) is 0 Å². The summed E-state index contributed by atoms with van der Waals surface area (Å²) in [5.41, 5.74) is 0.988. The smallest absolute Gasteiger partial charge is 0.249 e. The lowest BCUT2D eigenvalue weighted by molar-refractivity contribution is -0.130. The first-order chi connectivity index (χ1) is 12.2. The van der Waals surface area contributed by atoms with Gasteiger partial charge in [-0.3, -0.25) is 14.6 Å². The number of aromatic nitrogens is 3. The second-order valence-electron chi connectivity index (χ2n) is 5.69. The van der Waals surface area contributed by atoms with Crippen LogP contribution in [0.3, 0.4) is 0 Å². The summed E-state index contributed by atoms with van der Waals surface area (Å²) in [6.07, 6.45) is 4.45. The summed E-state index contributed by atoms with van der Waals surface area (Å²) in [5.74, 6) is 0.540. The van der Waals surface area contributed by atoms with Crippen LogP contribution in [0.5, 0.6) is 0 Å². The minimum Gasteiger partial charge on any atom is -0.375 e. The first-order valence-corrected chi connectivity index (χ1v) is 7.94. The summed E-state index contributed by atoms with van der Waals surface area (Å²) in [7, 11) is 1.44. The number of carbonyl (C=O) groups is 2. The van der Waals surface area contributed by atoms with Crippen LogP contribution in [0.25, 0.3) is 0 Å². The first-order valence-electron chi connectivity index (χ1n) is 7.94. The molecule has 0 saturated carbocycles. The highest BCUT2D eigenvalue weighted by atomic mass is 16.5. The Hall–Kier alpha value is -2.81. The molecule has 132 valence electrons. The van der Waals surface area contributed by atoms with E-state index in [1.165, 1.54) is 7.11 Å². The van der Waals surface area contributed by atoms with Crippen molar-refractivity contribution < 1.29 is 18.8 Å². The molecule has 2 aromatic heterocycles. The molecule has 2 amide bonds. The summed E-state index contributed by atoms with van der Waals surface area (Å²) in [6, 6.07) is 3.48. The van der Waals surface area contributed by atoms with Crippen LogP contribution in [-0.4, -0.2) is 45.6 Å². The Labute approximate surface area is 144 Å². The van der Waals surface area contributed by atoms with Crippen molar-refractivity contribution in [3.63, 3.8) is 0 Å². The lowest BCUT2D eigenvalue weighted by Gasteiger charge is -2.21. The Morgan fingerprint density at radius 1 is 1.44 bits per heavy atom. The van der Waals surface area contributed by atoms with E-state index in [1.807, 2.05) is 12.1 Å². The predicted octanol–water partition coefficient (Wildman–Crippen LogP) is 0.591. The van der Waals surface area contributed by atoms with Gasteiger partial charge in [-0.25, -0.2) is 0 Å². The Morgan fingerprint density at radius 3 is 3.00 bits per heavy atom. The molecule has 0 radical (unpaired) electrons. The van der Waals surface area contributed by atoms with E-state index in [1.54, 1.807) is 17.3 Å². The Bertz CT molecular complexity index is 733. The number of amides is 2. The first kappa shape index (κ1) is 17.0. The van der Waals surface area contributed by atoms with Crippen LogP contribution in [0.15, 0.2) is 29.0 Å². The second-order valence-corrected chi connectivity index (χ2v) is 5.69. The van der Waals surface area contributed by atoms with Crippen molar-refractivity contribution in [2.24, 2.45) is 0 Å². The van der Waals surface area contributed by atoms with E-state index in [2.05, 4.69) is 20.4 Å². The van der Waals surface area contributed by atoms with Crippen LogP contribution in [0.4, 0.5) is 0 Å². The lowest BCUT2D eigenvalue weighted by Crippen LogP contribution is -2.28. The van der Waals surface area contributed by atoms with Gasteiger partial charge in [-0.2, -0.15) is 4.98 Å². The molecular weight excluding hydrogens is 326 g/mol. The molecule has 9 heteroatoms. The van der Waals surface area contributed by atoms with Crippen molar-refractivity contribution in [3.8, 4) is 0 Å². The number of hydrogen-bond donors (Lipinski definition) is 1. The SMILES string of the molecule is COCC(=O)NCc1noc([C@@H]2CCC(=O)N2Cc2ccncc2)n1. The number of methoxy groups -OCH3 is 1. The summed E-state index contributed by atoms with van der Waals surface area (Å²) < 4.78 is 10.0. The van der Waals surface area contributed by atoms with E-state index in [9.17, 15) is 9.59 Å². The lowest BCUT2D eigenvalue weighted by atomic mass is 10.2. The molecule has 0 aromatic carbocycles. The van der Waals surface area contributed by atoms with Gasteiger partial charge in [0.15, 0.2) is 5.82 Å². The highest BCUT2D eigenvalue weighted by molar-refractivity contribution is 5.79. The maximum Gasteiger partial charge on any atom is 0.249 e. The molecule has 3 rings (SSSR count). The zero-order valence-electron chi connectivity index (χ0n) is 13.8. The average molecular weight is 345 g/mol. The molecule has 0 unspecified atom stereocenters. The predicted molar refractivity (Wildman–Crippen MR) is 84.8 cm³/mol. The van der Waals surface area contributed by atoms with Crippen molar-refractivity contribution >= 4 is 11.8 Å². The van der Waals surface area contributed by atoms with Crippen LogP contribution >= 0.6 is 0 Å². The topological polar surface area (TPSA) is 110 Å². The Morgan fingerprint density at radius 2 is 2.24 bits per heavy atom. The third-order valence-corrected chi connectivity index (χ3v) is 3.92. The third-order valence-electron chi connectivity index (χ3n) is 3.92. The zero-order valence-corrected chi connectivity index (χ0v) is 13.8. The van der Waals surface area contributed by atoms with Crippen molar-refractivity contribution in [3.05, 3.63) is 41.8 Å². The molecule has 0 aliphatic carbocycles. The molecule has 0 bridgehead atoms. The summed E-state index contributed by atoms with van der Waals surface area (Å²) in [6.45, 7) is 0.590. The van der Waals surface area contributed by atoms with Gasteiger partial charge in [0, 0.05) is 32.5 Å². The number of nitrogens with zero attached hydrogens (tertiary/aromatic N) is 4. The molecule has 1 aliphatic heterocycles. The minimum absolute atomic E-state index is 0.0262. The van der Waals surface area contributed by atoms with Gasteiger partial charge in [0.1, 0.15) is 12.6 Å². The fraction of sp³-hybridized carbons (Fsp3) is 0.438. The van der Waals surface area contributed by atoms with Gasteiger partial charge in [0.05, 0.1) is 6.54 Å². The monoisotopic (exact) mass is 345 g/mol. The number of rotatable bonds is 7. The molecule has 1 saturated heterocycles. The zero-order chi connectivity index (χ0) is 17.6. The van der Waals surface area contributed by atoms with Crippen LogP contribution in [0.2, 0.25) is 0 Å². The van der Waals surface area contributed by atoms with E-state index in [0.29, 0.717) is 31.1 Å². The number of likely N-dealkylation sites (tertiary alicyclic amines) is 1. The van der Waals surface area contributed by atoms with Gasteiger partial charge in [-0.05, 0) is 24.1 Å². The molecule has 1 aliphatic rings. The molecule has 1 N–H and O–H groups in total. The van der Waals surface area contributed by atoms with Crippen LogP contribution in [0, 0.1) is 0 Å².